The van der Waals surface area contributed by atoms with Crippen molar-refractivity contribution in [2.75, 3.05) is 19.8 Å². The number of carbonyl (C=O) groups excluding carboxylic acids is 1. The van der Waals surface area contributed by atoms with E-state index in [1.165, 1.54) is 13.8 Å². The summed E-state index contributed by atoms with van der Waals surface area (Å²) in [7, 11) is 0. The van der Waals surface area contributed by atoms with E-state index in [9.17, 15) is 86.5 Å². The molecule has 0 aromatic rings. The predicted molar refractivity (Wildman–Crippen MR) is 251 cm³/mol. The number of hydrogen-bond acceptors (Lipinski definition) is 26. The van der Waals surface area contributed by atoms with Gasteiger partial charge in [0.1, 0.15) is 97.7 Å². The lowest BCUT2D eigenvalue weighted by atomic mass is 9.39. The summed E-state index contributed by atoms with van der Waals surface area (Å²) in [6.07, 6.45) is -37.8. The van der Waals surface area contributed by atoms with Gasteiger partial charge < -0.3 is 124 Å². The molecule has 438 valence electrons. The Bertz CT molecular complexity index is 2010. The zero-order chi connectivity index (χ0) is 55.9. The van der Waals surface area contributed by atoms with Crippen LogP contribution in [0.2, 0.25) is 0 Å². The standard InChI is InChI=1S/C50H82O26/c1-18-14-49-12-8-25-47(5,10-7-11-48(25,6)46(67)75-44-39(34(62)30(58)23(16-52)70-44)73-42-36(64)32(60)27(55)19(2)68-42)26(49)9-13-50(18,21(49)4)76-45-40(74-43-37(65)33(61)28(56)20(3)69-43)38(31(59)24(17-53)71-45)72-41(66)35(63)29(57)22(54)15-51/h19-45,51-66H,1,7-17H2,2-6H3/t19?,20?,21-,22?,23?,24?,25?,26+,27+,28+,29-,30-,31-,32?,33?,34?,35?,36?,37?,38?,39?,40?,41+,42+,43+,44+,45+,47-,48-,49-,50-/m1/s1. The van der Waals surface area contributed by atoms with Crippen molar-refractivity contribution in [3.63, 3.8) is 0 Å². The van der Waals surface area contributed by atoms with Gasteiger partial charge in [-0.25, -0.2) is 0 Å². The van der Waals surface area contributed by atoms with Gasteiger partial charge in [-0.05, 0) is 99.9 Å². The minimum atomic E-state index is -2.41. The van der Waals surface area contributed by atoms with Gasteiger partial charge in [-0.1, -0.05) is 26.8 Å². The summed E-state index contributed by atoms with van der Waals surface area (Å²) in [6.45, 7) is 10.7. The first kappa shape index (κ1) is 60.3. The van der Waals surface area contributed by atoms with Gasteiger partial charge in [0.25, 0.3) is 0 Å². The molecule has 2 bridgehead atoms. The van der Waals surface area contributed by atoms with Crippen LogP contribution < -0.4 is 0 Å². The Morgan fingerprint density at radius 3 is 1.75 bits per heavy atom. The monoisotopic (exact) mass is 1100 g/mol. The molecule has 26 nitrogen and oxygen atoms in total. The van der Waals surface area contributed by atoms with Crippen LogP contribution in [0.1, 0.15) is 86.0 Å². The van der Waals surface area contributed by atoms with Crippen LogP contribution in [-0.2, 0) is 47.4 Å². The molecule has 76 heavy (non-hydrogen) atoms. The normalized spacial score (nSPS) is 52.2. The van der Waals surface area contributed by atoms with Crippen molar-refractivity contribution in [1.29, 1.82) is 0 Å². The molecule has 4 saturated carbocycles. The number of fused-ring (bicyclic) bond motifs is 3. The SMILES string of the molecule is C=C1C[C@@]23CCC4[C@](C)(C(=O)O[C@@H]5OC(CO)[C@@H](O)C(O)C5O[C@@H]5OC(C)[C@H](O)C(O)C5O)CCC[C@@]4(C)[C@@H]2CC[C@]1(O[C@@H]1OC(CO)[C@@H](O)C(O[C@H](O)C(O)[C@H](O)C(O)CO)C1O[C@@H]1OC(C)[C@H](O)C(O)C1O)[C@@H]3C. The summed E-state index contributed by atoms with van der Waals surface area (Å²) in [5.74, 6) is -1.44. The van der Waals surface area contributed by atoms with Crippen LogP contribution in [0.5, 0.6) is 0 Å². The minimum absolute atomic E-state index is 0.0662. The summed E-state index contributed by atoms with van der Waals surface area (Å²) >= 11 is 0. The third-order valence-corrected chi connectivity index (χ3v) is 19.2. The van der Waals surface area contributed by atoms with E-state index in [0.29, 0.717) is 56.9 Å². The molecule has 1 spiro atoms. The van der Waals surface area contributed by atoms with Crippen LogP contribution in [0.25, 0.3) is 0 Å². The highest BCUT2D eigenvalue weighted by molar-refractivity contribution is 5.77. The Hall–Kier alpha value is -1.75. The molecule has 0 amide bonds. The second-order valence-electron chi connectivity index (χ2n) is 23.3. The fourth-order valence-corrected chi connectivity index (χ4v) is 14.8. The maximum Gasteiger partial charge on any atom is 0.314 e. The summed E-state index contributed by atoms with van der Waals surface area (Å²) < 4.78 is 54.6. The van der Waals surface area contributed by atoms with Crippen molar-refractivity contribution in [2.24, 2.45) is 34.0 Å². The first-order valence-electron chi connectivity index (χ1n) is 26.5. The molecule has 31 atom stereocenters. The number of rotatable bonds is 16. The Morgan fingerprint density at radius 2 is 1.17 bits per heavy atom. The van der Waals surface area contributed by atoms with Gasteiger partial charge in [-0.3, -0.25) is 4.79 Å². The lowest BCUT2D eigenvalue weighted by molar-refractivity contribution is -0.392. The van der Waals surface area contributed by atoms with E-state index in [4.69, 9.17) is 42.6 Å². The van der Waals surface area contributed by atoms with Crippen molar-refractivity contribution in [3.05, 3.63) is 12.2 Å². The average Bonchev–Trinajstić information content (AvgIpc) is 3.48. The molecule has 4 aliphatic heterocycles. The van der Waals surface area contributed by atoms with E-state index >= 15 is 0 Å². The second kappa shape index (κ2) is 22.9. The van der Waals surface area contributed by atoms with Crippen molar-refractivity contribution < 1.29 is 129 Å². The lowest BCUT2D eigenvalue weighted by Crippen LogP contribution is -2.67. The number of esters is 1. The number of ether oxygens (including phenoxy) is 9. The highest BCUT2D eigenvalue weighted by Crippen LogP contribution is 2.75. The van der Waals surface area contributed by atoms with Gasteiger partial charge in [-0.15, -0.1) is 0 Å². The van der Waals surface area contributed by atoms with Crippen LogP contribution in [0, 0.1) is 34.0 Å². The molecule has 0 aromatic heterocycles. The van der Waals surface area contributed by atoms with Crippen LogP contribution in [0.3, 0.4) is 0 Å². The molecule has 8 aliphatic rings. The molecular weight excluding hydrogens is 1020 g/mol. The largest absolute Gasteiger partial charge is 0.432 e. The molecule has 26 heteroatoms. The van der Waals surface area contributed by atoms with Crippen molar-refractivity contribution in [1.82, 2.24) is 0 Å². The van der Waals surface area contributed by atoms with Gasteiger partial charge in [0, 0.05) is 0 Å². The maximum atomic E-state index is 14.9. The summed E-state index contributed by atoms with van der Waals surface area (Å²) in [5.41, 5.74) is -2.79. The Kier molecular flexibility index (Phi) is 18.2. The Labute approximate surface area is 439 Å². The first-order chi connectivity index (χ1) is 35.7. The molecule has 16 N–H and O–H groups in total. The summed E-state index contributed by atoms with van der Waals surface area (Å²) in [5, 5.41) is 170. The smallest absolute Gasteiger partial charge is 0.314 e. The van der Waals surface area contributed by atoms with Gasteiger partial charge in [-0.2, -0.15) is 0 Å². The van der Waals surface area contributed by atoms with Gasteiger partial charge >= 0.3 is 5.97 Å². The van der Waals surface area contributed by atoms with Crippen LogP contribution in [0.4, 0.5) is 0 Å². The second-order valence-corrected chi connectivity index (χ2v) is 23.3. The maximum absolute atomic E-state index is 14.9. The Morgan fingerprint density at radius 1 is 0.618 bits per heavy atom. The van der Waals surface area contributed by atoms with Crippen LogP contribution in [-0.4, -0.2) is 261 Å². The van der Waals surface area contributed by atoms with E-state index in [1.54, 1.807) is 0 Å². The van der Waals surface area contributed by atoms with Crippen LogP contribution in [0.15, 0.2) is 12.2 Å². The first-order valence-corrected chi connectivity index (χ1v) is 26.5. The zero-order valence-electron chi connectivity index (χ0n) is 43.3. The molecule has 8 rings (SSSR count). The molecule has 15 unspecified atom stereocenters. The fraction of sp³-hybridized carbons (Fsp3) is 0.940. The van der Waals surface area contributed by atoms with Gasteiger partial charge in [0.15, 0.2) is 31.3 Å². The average molecular weight is 1100 g/mol. The Balaban J connectivity index is 1.06. The number of hydrogen-bond donors (Lipinski definition) is 16. The fourth-order valence-electron chi connectivity index (χ4n) is 14.8. The molecule has 4 saturated heterocycles. The minimum Gasteiger partial charge on any atom is -0.432 e. The van der Waals surface area contributed by atoms with Gasteiger partial charge in [0.2, 0.25) is 6.29 Å². The predicted octanol–water partition coefficient (Wildman–Crippen LogP) is -5.39. The lowest BCUT2D eigenvalue weighted by Gasteiger charge is -2.66. The van der Waals surface area contributed by atoms with Gasteiger partial charge in [0.05, 0.1) is 43.0 Å². The van der Waals surface area contributed by atoms with Crippen LogP contribution >= 0.6 is 0 Å². The number of aliphatic hydroxyl groups is 16. The van der Waals surface area contributed by atoms with E-state index < -0.39 is 195 Å². The third-order valence-electron chi connectivity index (χ3n) is 19.2. The van der Waals surface area contributed by atoms with E-state index in [1.807, 2.05) is 13.8 Å². The van der Waals surface area contributed by atoms with Crippen molar-refractivity contribution in [3.8, 4) is 0 Å². The summed E-state index contributed by atoms with van der Waals surface area (Å²) in [6, 6.07) is 0. The molecule has 0 aromatic carbocycles. The van der Waals surface area contributed by atoms with Crippen molar-refractivity contribution >= 4 is 5.97 Å². The highest BCUT2D eigenvalue weighted by Gasteiger charge is 2.72. The third kappa shape index (κ3) is 10.1. The molecule has 0 radical (unpaired) electrons. The number of carbonyl (C=O) groups is 1. The highest BCUT2D eigenvalue weighted by atomic mass is 16.8. The molecule has 4 heterocycles. The molecule has 8 fully saturated rings. The summed E-state index contributed by atoms with van der Waals surface area (Å²) in [4.78, 5) is 14.9. The topological polar surface area (TPSA) is 424 Å². The van der Waals surface area contributed by atoms with E-state index in [0.717, 1.165) is 0 Å². The molecule has 4 aliphatic carbocycles. The zero-order valence-corrected chi connectivity index (χ0v) is 43.3. The molecular formula is C50H82O26. The van der Waals surface area contributed by atoms with E-state index in [2.05, 4.69) is 13.5 Å². The quantitative estimate of drug-likeness (QED) is 0.0297. The number of aliphatic hydroxyl groups excluding tert-OH is 16. The van der Waals surface area contributed by atoms with E-state index in [-0.39, 0.29) is 17.8 Å². The van der Waals surface area contributed by atoms with Crippen molar-refractivity contribution in [2.45, 2.75) is 239 Å².